The molecule has 4 aromatic rings. The number of thiazole rings is 1. The second kappa shape index (κ2) is 7.82. The summed E-state index contributed by atoms with van der Waals surface area (Å²) in [5.74, 6) is 1.58. The Bertz CT molecular complexity index is 1220. The average Bonchev–Trinajstić information content (AvgIpc) is 3.32. The molecule has 31 heavy (non-hydrogen) atoms. The Hall–Kier alpha value is -3.17. The van der Waals surface area contributed by atoms with E-state index in [9.17, 15) is 4.79 Å². The Labute approximate surface area is 183 Å². The summed E-state index contributed by atoms with van der Waals surface area (Å²) in [4.78, 5) is 24.3. The highest BCUT2D eigenvalue weighted by Gasteiger charge is 2.31. The van der Waals surface area contributed by atoms with Gasteiger partial charge in [0.05, 0.1) is 11.2 Å². The number of carbonyl (C=O) groups excluding carboxylic acids is 1. The van der Waals surface area contributed by atoms with Crippen molar-refractivity contribution in [3.8, 4) is 10.9 Å². The van der Waals surface area contributed by atoms with Gasteiger partial charge in [-0.2, -0.15) is 4.98 Å². The number of furan rings is 1. The minimum atomic E-state index is -0.362. The van der Waals surface area contributed by atoms with Gasteiger partial charge in [0.15, 0.2) is 5.65 Å². The van der Waals surface area contributed by atoms with Crippen molar-refractivity contribution in [2.24, 2.45) is 5.73 Å². The third-order valence-corrected chi connectivity index (χ3v) is 6.53. The Morgan fingerprint density at radius 2 is 2.13 bits per heavy atom. The fourth-order valence-corrected chi connectivity index (χ4v) is 4.83. The number of ether oxygens (including phenoxy) is 1. The van der Waals surface area contributed by atoms with E-state index >= 15 is 0 Å². The van der Waals surface area contributed by atoms with Gasteiger partial charge in [-0.05, 0) is 50.2 Å². The molecule has 5 rings (SSSR count). The van der Waals surface area contributed by atoms with Crippen LogP contribution in [0.15, 0.2) is 47.0 Å². The number of hydrogen-bond acceptors (Lipinski definition) is 7. The van der Waals surface area contributed by atoms with Crippen LogP contribution in [0, 0.1) is 0 Å². The second-order valence-corrected chi connectivity index (χ2v) is 8.93. The average molecular weight is 438 g/mol. The van der Waals surface area contributed by atoms with Crippen LogP contribution in [0.4, 0.5) is 4.79 Å². The number of carbonyl (C=O) groups is 1. The lowest BCUT2D eigenvalue weighted by Crippen LogP contribution is -2.58. The molecule has 0 aliphatic carbocycles. The first-order valence-electron chi connectivity index (χ1n) is 10.2. The number of piperazine rings is 1. The van der Waals surface area contributed by atoms with E-state index in [1.165, 1.54) is 11.3 Å². The topological polar surface area (TPSA) is 97.7 Å². The summed E-state index contributed by atoms with van der Waals surface area (Å²) in [7, 11) is 0. The molecule has 1 aliphatic rings. The Kier molecular flexibility index (Phi) is 4.99. The monoisotopic (exact) mass is 437 g/mol. The van der Waals surface area contributed by atoms with Crippen molar-refractivity contribution in [1.82, 2.24) is 19.8 Å². The molecule has 0 saturated carbocycles. The molecule has 0 spiro atoms. The van der Waals surface area contributed by atoms with Crippen molar-refractivity contribution in [1.29, 1.82) is 0 Å². The Morgan fingerprint density at radius 3 is 2.94 bits per heavy atom. The number of primary amides is 1. The van der Waals surface area contributed by atoms with Crippen molar-refractivity contribution in [2.45, 2.75) is 32.5 Å². The largest absolute Gasteiger partial charge is 0.460 e. The zero-order chi connectivity index (χ0) is 21.5. The summed E-state index contributed by atoms with van der Waals surface area (Å²) >= 11 is 1.47. The number of hydrogen-bond donors (Lipinski definition) is 1. The molecule has 2 amide bonds. The van der Waals surface area contributed by atoms with Crippen LogP contribution in [-0.4, -0.2) is 51.0 Å². The van der Waals surface area contributed by atoms with E-state index in [1.807, 2.05) is 43.3 Å². The Balaban J connectivity index is 1.32. The summed E-state index contributed by atoms with van der Waals surface area (Å²) < 4.78 is 13.0. The standard InChI is InChI=1S/C22H23N5O3S/c1-13-11-27(21(23)28)14(2)10-26(13)12-17-9-15-8-16(5-6-18(15)29-17)30-22-25-20-19(31-22)4-3-7-24-20/h3-9,13-14H,10-12H2,1-2H3,(H2,23,28)/t13-,14-/m0/s1. The smallest absolute Gasteiger partial charge is 0.315 e. The Morgan fingerprint density at radius 1 is 1.26 bits per heavy atom. The summed E-state index contributed by atoms with van der Waals surface area (Å²) in [5, 5.41) is 1.54. The number of amides is 2. The molecule has 1 aliphatic heterocycles. The van der Waals surface area contributed by atoms with E-state index in [-0.39, 0.29) is 18.1 Å². The molecule has 9 heteroatoms. The maximum atomic E-state index is 11.6. The maximum Gasteiger partial charge on any atom is 0.315 e. The molecule has 2 atom stereocenters. The SMILES string of the molecule is C[C@H]1CN(C(N)=O)[C@@H](C)CN1Cc1cc2cc(Oc3nc4ncccc4s3)ccc2o1. The van der Waals surface area contributed by atoms with E-state index in [0.29, 0.717) is 29.7 Å². The molecule has 1 saturated heterocycles. The predicted molar refractivity (Wildman–Crippen MR) is 119 cm³/mol. The fraction of sp³-hybridized carbons (Fsp3) is 0.318. The van der Waals surface area contributed by atoms with Crippen LogP contribution in [0.1, 0.15) is 19.6 Å². The number of benzene rings is 1. The van der Waals surface area contributed by atoms with Crippen LogP contribution < -0.4 is 10.5 Å². The molecule has 4 heterocycles. The zero-order valence-corrected chi connectivity index (χ0v) is 18.1. The summed E-state index contributed by atoms with van der Waals surface area (Å²) in [6.07, 6.45) is 1.72. The number of urea groups is 1. The molecular weight excluding hydrogens is 414 g/mol. The van der Waals surface area contributed by atoms with Crippen molar-refractivity contribution < 1.29 is 13.9 Å². The molecule has 8 nitrogen and oxygen atoms in total. The van der Waals surface area contributed by atoms with Gasteiger partial charge >= 0.3 is 6.03 Å². The predicted octanol–water partition coefficient (Wildman–Crippen LogP) is 4.20. The molecule has 1 fully saturated rings. The van der Waals surface area contributed by atoms with Crippen molar-refractivity contribution >= 4 is 38.7 Å². The summed E-state index contributed by atoms with van der Waals surface area (Å²) in [6, 6.07) is 11.6. The van der Waals surface area contributed by atoms with Gasteiger partial charge in [0.25, 0.3) is 5.19 Å². The van der Waals surface area contributed by atoms with E-state index in [1.54, 1.807) is 11.1 Å². The maximum absolute atomic E-state index is 11.6. The van der Waals surface area contributed by atoms with E-state index in [0.717, 1.165) is 28.0 Å². The van der Waals surface area contributed by atoms with Crippen LogP contribution in [0.5, 0.6) is 10.9 Å². The minimum Gasteiger partial charge on any atom is -0.460 e. The highest BCUT2D eigenvalue weighted by Crippen LogP contribution is 2.32. The third kappa shape index (κ3) is 3.94. The van der Waals surface area contributed by atoms with E-state index in [4.69, 9.17) is 14.9 Å². The highest BCUT2D eigenvalue weighted by atomic mass is 32.1. The van der Waals surface area contributed by atoms with Gasteiger partial charge in [-0.15, -0.1) is 0 Å². The van der Waals surface area contributed by atoms with Gasteiger partial charge in [0.1, 0.15) is 17.1 Å². The normalized spacial score (nSPS) is 19.9. The minimum absolute atomic E-state index is 0.0707. The molecule has 160 valence electrons. The van der Waals surface area contributed by atoms with Gasteiger partial charge in [0, 0.05) is 36.8 Å². The van der Waals surface area contributed by atoms with Crippen LogP contribution in [0.2, 0.25) is 0 Å². The van der Waals surface area contributed by atoms with Gasteiger partial charge < -0.3 is 19.8 Å². The summed E-state index contributed by atoms with van der Waals surface area (Å²) in [6.45, 7) is 6.16. The number of aromatic nitrogens is 2. The zero-order valence-electron chi connectivity index (χ0n) is 17.3. The van der Waals surface area contributed by atoms with Crippen LogP contribution >= 0.6 is 11.3 Å². The lowest BCUT2D eigenvalue weighted by Gasteiger charge is -2.43. The number of fused-ring (bicyclic) bond motifs is 2. The fourth-order valence-electron chi connectivity index (χ4n) is 4.04. The van der Waals surface area contributed by atoms with Crippen molar-refractivity contribution in [3.05, 3.63) is 48.4 Å². The molecule has 2 N–H and O–H groups in total. The number of nitrogens with two attached hydrogens (primary N) is 1. The molecule has 1 aromatic carbocycles. The molecular formula is C22H23N5O3S. The first-order chi connectivity index (χ1) is 15.0. The lowest BCUT2D eigenvalue weighted by atomic mass is 10.1. The molecule has 0 unspecified atom stereocenters. The second-order valence-electron chi connectivity index (χ2n) is 7.94. The van der Waals surface area contributed by atoms with Crippen LogP contribution in [-0.2, 0) is 6.54 Å². The van der Waals surface area contributed by atoms with Gasteiger partial charge in [-0.1, -0.05) is 11.3 Å². The van der Waals surface area contributed by atoms with E-state index in [2.05, 4.69) is 21.8 Å². The number of rotatable bonds is 4. The van der Waals surface area contributed by atoms with Crippen LogP contribution in [0.3, 0.4) is 0 Å². The number of nitrogens with zero attached hydrogens (tertiary/aromatic N) is 4. The molecule has 0 radical (unpaired) electrons. The van der Waals surface area contributed by atoms with E-state index < -0.39 is 0 Å². The van der Waals surface area contributed by atoms with Crippen molar-refractivity contribution in [2.75, 3.05) is 13.1 Å². The highest BCUT2D eigenvalue weighted by molar-refractivity contribution is 7.20. The quantitative estimate of drug-likeness (QED) is 0.514. The van der Waals surface area contributed by atoms with Gasteiger partial charge in [-0.3, -0.25) is 4.90 Å². The molecule has 3 aromatic heterocycles. The van der Waals surface area contributed by atoms with Crippen molar-refractivity contribution in [3.63, 3.8) is 0 Å². The first-order valence-corrected chi connectivity index (χ1v) is 11.0. The van der Waals surface area contributed by atoms with Gasteiger partial charge in [-0.25, -0.2) is 9.78 Å². The summed E-state index contributed by atoms with van der Waals surface area (Å²) in [5.41, 5.74) is 6.99. The third-order valence-electron chi connectivity index (χ3n) is 5.65. The van der Waals surface area contributed by atoms with Crippen LogP contribution in [0.25, 0.3) is 21.3 Å². The number of pyridine rings is 1. The lowest BCUT2D eigenvalue weighted by molar-refractivity contribution is 0.0571. The molecule has 0 bridgehead atoms. The first kappa shape index (κ1) is 19.8. The van der Waals surface area contributed by atoms with Gasteiger partial charge in [0.2, 0.25) is 0 Å².